The Hall–Kier alpha value is -3.00. The molecule has 3 N–H and O–H groups in total. The summed E-state index contributed by atoms with van der Waals surface area (Å²) in [5.41, 5.74) is 4.42. The SMILES string of the molecule is Oc1ccc(Cl)cc1CN1C=CC(c2c[nH]c3ncc(N4CCOCC4)cc23)=CC1O. The maximum Gasteiger partial charge on any atom is 0.146 e. The van der Waals surface area contributed by atoms with Gasteiger partial charge in [0.1, 0.15) is 17.6 Å². The summed E-state index contributed by atoms with van der Waals surface area (Å²) in [6, 6.07) is 7.03. The summed E-state index contributed by atoms with van der Waals surface area (Å²) in [4.78, 5) is 11.8. The smallest absolute Gasteiger partial charge is 0.146 e. The maximum atomic E-state index is 10.7. The van der Waals surface area contributed by atoms with Crippen LogP contribution in [0.1, 0.15) is 11.1 Å². The van der Waals surface area contributed by atoms with Crippen LogP contribution in [0.4, 0.5) is 5.69 Å². The first kappa shape index (κ1) is 19.9. The number of hydrogen-bond donors (Lipinski definition) is 3. The van der Waals surface area contributed by atoms with E-state index in [9.17, 15) is 10.2 Å². The van der Waals surface area contributed by atoms with Crippen LogP contribution in [0.2, 0.25) is 5.02 Å². The van der Waals surface area contributed by atoms with Crippen molar-refractivity contribution in [2.24, 2.45) is 0 Å². The molecule has 0 radical (unpaired) electrons. The number of nitrogens with zero attached hydrogens (tertiary/aromatic N) is 3. The molecule has 1 fully saturated rings. The third-order valence-corrected chi connectivity index (χ3v) is 5.95. The van der Waals surface area contributed by atoms with E-state index >= 15 is 0 Å². The molecule has 2 aliphatic rings. The molecule has 31 heavy (non-hydrogen) atoms. The molecular formula is C23H23ClN4O3. The fourth-order valence-electron chi connectivity index (χ4n) is 4.00. The van der Waals surface area contributed by atoms with E-state index in [1.807, 2.05) is 24.7 Å². The summed E-state index contributed by atoms with van der Waals surface area (Å²) in [5, 5.41) is 22.4. The molecule has 160 valence electrons. The van der Waals surface area contributed by atoms with Crippen LogP contribution in [-0.4, -0.2) is 57.6 Å². The maximum absolute atomic E-state index is 10.7. The van der Waals surface area contributed by atoms with E-state index in [4.69, 9.17) is 16.3 Å². The van der Waals surface area contributed by atoms with Gasteiger partial charge in [0.2, 0.25) is 0 Å². The zero-order valence-electron chi connectivity index (χ0n) is 16.8. The standard InChI is InChI=1S/C23H23ClN4O3/c24-17-1-2-21(29)16(9-17)14-28-4-3-15(10-22(28)30)20-13-26-23-19(20)11-18(12-25-23)27-5-7-31-8-6-27/h1-4,9-13,22,29-30H,5-8,14H2,(H,25,26). The molecule has 3 aromatic rings. The number of aromatic hydroxyl groups is 1. The van der Waals surface area contributed by atoms with Crippen molar-refractivity contribution in [1.82, 2.24) is 14.9 Å². The largest absolute Gasteiger partial charge is 0.508 e. The number of fused-ring (bicyclic) bond motifs is 1. The Kier molecular flexibility index (Phi) is 5.31. The molecule has 0 spiro atoms. The van der Waals surface area contributed by atoms with E-state index in [1.54, 1.807) is 29.2 Å². The number of morpholine rings is 1. The monoisotopic (exact) mass is 438 g/mol. The van der Waals surface area contributed by atoms with Crippen molar-refractivity contribution in [3.8, 4) is 5.75 Å². The number of phenols is 1. The van der Waals surface area contributed by atoms with Gasteiger partial charge in [0.25, 0.3) is 0 Å². The number of aliphatic hydroxyl groups is 1. The highest BCUT2D eigenvalue weighted by atomic mass is 35.5. The van der Waals surface area contributed by atoms with E-state index < -0.39 is 6.23 Å². The van der Waals surface area contributed by atoms with Gasteiger partial charge in [0.15, 0.2) is 0 Å². The predicted octanol–water partition coefficient (Wildman–Crippen LogP) is 3.49. The summed E-state index contributed by atoms with van der Waals surface area (Å²) in [5.74, 6) is 0.151. The van der Waals surface area contributed by atoms with Crippen LogP contribution in [-0.2, 0) is 11.3 Å². The molecule has 0 bridgehead atoms. The second-order valence-electron chi connectivity index (χ2n) is 7.69. The summed E-state index contributed by atoms with van der Waals surface area (Å²) < 4.78 is 5.45. The van der Waals surface area contributed by atoms with Crippen molar-refractivity contribution in [1.29, 1.82) is 0 Å². The van der Waals surface area contributed by atoms with Gasteiger partial charge in [-0.3, -0.25) is 0 Å². The fourth-order valence-corrected chi connectivity index (χ4v) is 4.20. The summed E-state index contributed by atoms with van der Waals surface area (Å²) in [6.45, 7) is 3.47. The Bertz CT molecular complexity index is 1170. The van der Waals surface area contributed by atoms with Gasteiger partial charge < -0.3 is 29.7 Å². The highest BCUT2D eigenvalue weighted by Gasteiger charge is 2.20. The molecule has 2 aromatic heterocycles. The highest BCUT2D eigenvalue weighted by molar-refractivity contribution is 6.30. The van der Waals surface area contributed by atoms with E-state index in [0.717, 1.165) is 54.2 Å². The molecule has 4 heterocycles. The number of phenolic OH excluding ortho intramolecular Hbond substituents is 1. The fraction of sp³-hybridized carbons (Fsp3) is 0.261. The van der Waals surface area contributed by atoms with Crippen LogP contribution in [0, 0.1) is 0 Å². The van der Waals surface area contributed by atoms with Crippen molar-refractivity contribution in [2.75, 3.05) is 31.2 Å². The lowest BCUT2D eigenvalue weighted by molar-refractivity contribution is 0.0725. The molecule has 2 aliphatic heterocycles. The van der Waals surface area contributed by atoms with Gasteiger partial charge in [0, 0.05) is 53.6 Å². The van der Waals surface area contributed by atoms with E-state index in [1.165, 1.54) is 0 Å². The Morgan fingerprint density at radius 2 is 2.06 bits per heavy atom. The third-order valence-electron chi connectivity index (χ3n) is 5.71. The molecule has 1 unspecified atom stereocenters. The average molecular weight is 439 g/mol. The van der Waals surface area contributed by atoms with Crippen LogP contribution in [0.3, 0.4) is 0 Å². The molecule has 5 rings (SSSR count). The lowest BCUT2D eigenvalue weighted by Crippen LogP contribution is -2.36. The number of pyridine rings is 1. The lowest BCUT2D eigenvalue weighted by Gasteiger charge is -2.29. The quantitative estimate of drug-likeness (QED) is 0.578. The molecule has 0 amide bonds. The van der Waals surface area contributed by atoms with Crippen molar-refractivity contribution >= 4 is 33.9 Å². The minimum atomic E-state index is -0.835. The Labute approximate surface area is 184 Å². The molecular weight excluding hydrogens is 416 g/mol. The zero-order chi connectivity index (χ0) is 21.4. The number of benzene rings is 1. The number of aromatic nitrogens is 2. The van der Waals surface area contributed by atoms with Gasteiger partial charge in [-0.25, -0.2) is 4.98 Å². The van der Waals surface area contributed by atoms with E-state index in [0.29, 0.717) is 17.1 Å². The Morgan fingerprint density at radius 3 is 2.87 bits per heavy atom. The Balaban J connectivity index is 1.40. The van der Waals surface area contributed by atoms with Crippen molar-refractivity contribution in [3.05, 3.63) is 71.2 Å². The Morgan fingerprint density at radius 1 is 1.23 bits per heavy atom. The minimum Gasteiger partial charge on any atom is -0.508 e. The lowest BCUT2D eigenvalue weighted by atomic mass is 10.0. The second-order valence-corrected chi connectivity index (χ2v) is 8.12. The average Bonchev–Trinajstić information content (AvgIpc) is 3.21. The molecule has 1 atom stereocenters. The zero-order valence-corrected chi connectivity index (χ0v) is 17.6. The number of H-pyrrole nitrogens is 1. The summed E-state index contributed by atoms with van der Waals surface area (Å²) in [6.07, 6.45) is 8.55. The highest BCUT2D eigenvalue weighted by Crippen LogP contribution is 2.32. The number of aliphatic hydroxyl groups excluding tert-OH is 1. The number of halogens is 1. The first-order valence-corrected chi connectivity index (χ1v) is 10.6. The van der Waals surface area contributed by atoms with Crippen LogP contribution in [0.15, 0.2) is 55.0 Å². The second kappa shape index (κ2) is 8.26. The van der Waals surface area contributed by atoms with E-state index in [2.05, 4.69) is 20.9 Å². The number of nitrogens with one attached hydrogen (secondary N) is 1. The molecule has 7 nitrogen and oxygen atoms in total. The van der Waals surface area contributed by atoms with Crippen LogP contribution in [0.25, 0.3) is 16.6 Å². The van der Waals surface area contributed by atoms with E-state index in [-0.39, 0.29) is 5.75 Å². The number of hydrogen-bond acceptors (Lipinski definition) is 6. The molecule has 1 aromatic carbocycles. The van der Waals surface area contributed by atoms with Crippen LogP contribution in [0.5, 0.6) is 5.75 Å². The summed E-state index contributed by atoms with van der Waals surface area (Å²) >= 11 is 6.04. The normalized spacial score (nSPS) is 19.2. The topological polar surface area (TPSA) is 84.9 Å². The van der Waals surface area contributed by atoms with Gasteiger partial charge >= 0.3 is 0 Å². The van der Waals surface area contributed by atoms with Crippen LogP contribution >= 0.6 is 11.6 Å². The molecule has 0 saturated carbocycles. The van der Waals surface area contributed by atoms with Crippen molar-refractivity contribution < 1.29 is 14.9 Å². The molecule has 8 heteroatoms. The van der Waals surface area contributed by atoms with Gasteiger partial charge in [-0.05, 0) is 42.0 Å². The van der Waals surface area contributed by atoms with Gasteiger partial charge in [-0.2, -0.15) is 0 Å². The number of allylic oxidation sites excluding steroid dienone is 2. The summed E-state index contributed by atoms with van der Waals surface area (Å²) in [7, 11) is 0. The third kappa shape index (κ3) is 3.99. The van der Waals surface area contributed by atoms with Crippen molar-refractivity contribution in [2.45, 2.75) is 12.8 Å². The van der Waals surface area contributed by atoms with Crippen molar-refractivity contribution in [3.63, 3.8) is 0 Å². The van der Waals surface area contributed by atoms with Gasteiger partial charge in [-0.1, -0.05) is 11.6 Å². The number of ether oxygens (including phenoxy) is 1. The number of rotatable bonds is 4. The predicted molar refractivity (Wildman–Crippen MR) is 121 cm³/mol. The molecule has 0 aliphatic carbocycles. The first-order valence-electron chi connectivity index (χ1n) is 10.2. The number of anilines is 1. The molecule has 1 saturated heterocycles. The van der Waals surface area contributed by atoms with Gasteiger partial charge in [-0.15, -0.1) is 0 Å². The first-order chi connectivity index (χ1) is 15.1. The number of aromatic amines is 1. The van der Waals surface area contributed by atoms with Crippen LogP contribution < -0.4 is 4.90 Å². The minimum absolute atomic E-state index is 0.151. The van der Waals surface area contributed by atoms with Gasteiger partial charge in [0.05, 0.1) is 25.1 Å².